The Labute approximate surface area is 139 Å². The maximum Gasteiger partial charge on any atom is 0.277 e. The Balaban J connectivity index is 2.43. The molecule has 0 radical (unpaired) electrons. The molecule has 23 heavy (non-hydrogen) atoms. The van der Waals surface area contributed by atoms with Crippen molar-refractivity contribution in [1.82, 2.24) is 20.1 Å². The fraction of sp³-hybridized carbons (Fsp3) is 0.500. The fourth-order valence-corrected chi connectivity index (χ4v) is 3.35. The Morgan fingerprint density at radius 2 is 1.96 bits per heavy atom. The fourth-order valence-electron chi connectivity index (χ4n) is 2.27. The van der Waals surface area contributed by atoms with E-state index in [1.54, 1.807) is 14.0 Å². The highest BCUT2D eigenvalue weighted by Gasteiger charge is 2.20. The molecule has 1 amide bonds. The largest absolute Gasteiger partial charge is 0.351 e. The van der Waals surface area contributed by atoms with Gasteiger partial charge in [-0.2, -0.15) is 5.10 Å². The highest BCUT2D eigenvalue weighted by molar-refractivity contribution is 7.17. The maximum absolute atomic E-state index is 12.4. The van der Waals surface area contributed by atoms with E-state index >= 15 is 0 Å². The van der Waals surface area contributed by atoms with Gasteiger partial charge in [0.25, 0.3) is 11.5 Å². The number of carbonyl (C=O) groups excluding carboxylic acids is 1. The molecule has 0 bridgehead atoms. The lowest BCUT2D eigenvalue weighted by Crippen LogP contribution is -2.24. The third kappa shape index (κ3) is 3.50. The van der Waals surface area contributed by atoms with Crippen molar-refractivity contribution < 1.29 is 4.79 Å². The molecule has 124 valence electrons. The Morgan fingerprint density at radius 1 is 1.26 bits per heavy atom. The van der Waals surface area contributed by atoms with Crippen LogP contribution in [0.2, 0.25) is 0 Å². The van der Waals surface area contributed by atoms with Gasteiger partial charge in [0, 0.05) is 13.6 Å². The van der Waals surface area contributed by atoms with Crippen molar-refractivity contribution in [2.24, 2.45) is 7.05 Å². The summed E-state index contributed by atoms with van der Waals surface area (Å²) in [4.78, 5) is 29.7. The van der Waals surface area contributed by atoms with Gasteiger partial charge in [0.1, 0.15) is 9.88 Å². The molecule has 2 aromatic heterocycles. The van der Waals surface area contributed by atoms with Gasteiger partial charge >= 0.3 is 0 Å². The van der Waals surface area contributed by atoms with E-state index in [2.05, 4.69) is 22.3 Å². The molecule has 2 rings (SSSR count). The quantitative estimate of drug-likeness (QED) is 0.852. The van der Waals surface area contributed by atoms with Gasteiger partial charge in [-0.3, -0.25) is 9.59 Å². The van der Waals surface area contributed by atoms with Crippen molar-refractivity contribution in [3.05, 3.63) is 32.2 Å². The minimum Gasteiger partial charge on any atom is -0.351 e. The van der Waals surface area contributed by atoms with Crippen LogP contribution in [0.15, 0.2) is 4.79 Å². The van der Waals surface area contributed by atoms with Crippen molar-refractivity contribution >= 4 is 17.2 Å². The van der Waals surface area contributed by atoms with Crippen molar-refractivity contribution in [3.8, 4) is 10.6 Å². The highest BCUT2D eigenvalue weighted by Crippen LogP contribution is 2.28. The van der Waals surface area contributed by atoms with Gasteiger partial charge in [-0.15, -0.1) is 11.3 Å². The number of nitrogens with one attached hydrogen (secondary N) is 1. The predicted molar refractivity (Wildman–Crippen MR) is 92.0 cm³/mol. The average Bonchev–Trinajstić information content (AvgIpc) is 2.87. The van der Waals surface area contributed by atoms with Gasteiger partial charge in [-0.25, -0.2) is 9.67 Å². The summed E-state index contributed by atoms with van der Waals surface area (Å²) in [6.07, 6.45) is 1.97. The molecule has 0 spiro atoms. The van der Waals surface area contributed by atoms with Crippen LogP contribution >= 0.6 is 11.3 Å². The molecule has 6 nitrogen and oxygen atoms in total. The molecule has 0 fully saturated rings. The van der Waals surface area contributed by atoms with E-state index in [1.807, 2.05) is 13.8 Å². The molecule has 0 aliphatic carbocycles. The topological polar surface area (TPSA) is 76.9 Å². The third-order valence-electron chi connectivity index (χ3n) is 3.76. The molecule has 0 unspecified atom stereocenters. The summed E-state index contributed by atoms with van der Waals surface area (Å²) < 4.78 is 1.31. The Hall–Kier alpha value is -2.02. The van der Waals surface area contributed by atoms with E-state index in [1.165, 1.54) is 16.0 Å². The molecule has 0 aliphatic heterocycles. The Bertz CT molecular complexity index is 792. The molecule has 0 aromatic carbocycles. The summed E-state index contributed by atoms with van der Waals surface area (Å²) in [5.41, 5.74) is 2.57. The highest BCUT2D eigenvalue weighted by atomic mass is 32.1. The lowest BCUT2D eigenvalue weighted by atomic mass is 10.1. The Morgan fingerprint density at radius 3 is 2.61 bits per heavy atom. The van der Waals surface area contributed by atoms with Crippen LogP contribution in [0.3, 0.4) is 0 Å². The van der Waals surface area contributed by atoms with E-state index in [4.69, 9.17) is 0 Å². The molecular weight excluding hydrogens is 312 g/mol. The van der Waals surface area contributed by atoms with Crippen LogP contribution in [0.4, 0.5) is 0 Å². The first-order chi connectivity index (χ1) is 10.9. The number of thiazole rings is 1. The van der Waals surface area contributed by atoms with Gasteiger partial charge < -0.3 is 5.32 Å². The van der Waals surface area contributed by atoms with E-state index in [9.17, 15) is 9.59 Å². The van der Waals surface area contributed by atoms with E-state index in [0.717, 1.165) is 24.1 Å². The second-order valence-electron chi connectivity index (χ2n) is 5.56. The smallest absolute Gasteiger partial charge is 0.277 e. The summed E-state index contributed by atoms with van der Waals surface area (Å²) >= 11 is 1.26. The number of nitrogens with zero attached hydrogens (tertiary/aromatic N) is 3. The molecule has 0 aliphatic rings. The first-order valence-corrected chi connectivity index (χ1v) is 8.49. The summed E-state index contributed by atoms with van der Waals surface area (Å²) in [7, 11) is 1.62. The van der Waals surface area contributed by atoms with E-state index in [-0.39, 0.29) is 11.5 Å². The van der Waals surface area contributed by atoms with E-state index in [0.29, 0.717) is 27.7 Å². The lowest BCUT2D eigenvalue weighted by molar-refractivity contribution is 0.0956. The van der Waals surface area contributed by atoms with Crippen molar-refractivity contribution in [2.75, 3.05) is 6.54 Å². The zero-order chi connectivity index (χ0) is 17.1. The second kappa shape index (κ2) is 7.04. The average molecular weight is 334 g/mol. The van der Waals surface area contributed by atoms with Gasteiger partial charge in [0.05, 0.1) is 17.0 Å². The monoisotopic (exact) mass is 334 g/mol. The van der Waals surface area contributed by atoms with Gasteiger partial charge in [0.15, 0.2) is 0 Å². The maximum atomic E-state index is 12.4. The van der Waals surface area contributed by atoms with Crippen LogP contribution in [0, 0.1) is 20.8 Å². The van der Waals surface area contributed by atoms with Crippen LogP contribution in [-0.2, 0) is 7.05 Å². The zero-order valence-corrected chi connectivity index (χ0v) is 15.0. The van der Waals surface area contributed by atoms with Crippen LogP contribution in [0.25, 0.3) is 10.6 Å². The molecule has 0 atom stereocenters. The number of hydrogen-bond acceptors (Lipinski definition) is 5. The minimum atomic E-state index is -0.195. The SMILES string of the molecule is CCCCNC(=O)c1sc(-c2c(C)c(C)nn(C)c2=O)nc1C. The van der Waals surface area contributed by atoms with Gasteiger partial charge in [-0.05, 0) is 32.8 Å². The van der Waals surface area contributed by atoms with Crippen LogP contribution in [0.1, 0.15) is 46.4 Å². The Kier molecular flexibility index (Phi) is 5.30. The molecular formula is C16H22N4O2S. The minimum absolute atomic E-state index is 0.125. The standard InChI is InChI=1S/C16H22N4O2S/c1-6-7-8-17-14(21)13-11(4)18-15(23-13)12-9(2)10(3)19-20(5)16(12)22/h6-8H2,1-5H3,(H,17,21). The summed E-state index contributed by atoms with van der Waals surface area (Å²) in [5, 5.41) is 7.64. The normalized spacial score (nSPS) is 10.8. The molecule has 2 heterocycles. The molecule has 0 saturated carbocycles. The van der Waals surface area contributed by atoms with Crippen LogP contribution < -0.4 is 10.9 Å². The van der Waals surface area contributed by atoms with Crippen molar-refractivity contribution in [2.45, 2.75) is 40.5 Å². The van der Waals surface area contributed by atoms with Crippen LogP contribution in [0.5, 0.6) is 0 Å². The number of rotatable bonds is 5. The molecule has 0 saturated heterocycles. The number of carbonyl (C=O) groups is 1. The van der Waals surface area contributed by atoms with Gasteiger partial charge in [-0.1, -0.05) is 13.3 Å². The first-order valence-electron chi connectivity index (χ1n) is 7.67. The van der Waals surface area contributed by atoms with Gasteiger partial charge in [0.2, 0.25) is 0 Å². The zero-order valence-electron chi connectivity index (χ0n) is 14.2. The lowest BCUT2D eigenvalue weighted by Gasteiger charge is -2.07. The first kappa shape index (κ1) is 17.3. The molecule has 1 N–H and O–H groups in total. The molecule has 2 aromatic rings. The third-order valence-corrected chi connectivity index (χ3v) is 4.93. The summed E-state index contributed by atoms with van der Waals surface area (Å²) in [6.45, 7) is 8.24. The second-order valence-corrected chi connectivity index (χ2v) is 6.56. The number of aryl methyl sites for hydroxylation is 3. The number of amides is 1. The molecule has 7 heteroatoms. The summed E-state index contributed by atoms with van der Waals surface area (Å²) in [6, 6.07) is 0. The van der Waals surface area contributed by atoms with E-state index < -0.39 is 0 Å². The van der Waals surface area contributed by atoms with Crippen LogP contribution in [-0.4, -0.2) is 27.2 Å². The number of aromatic nitrogens is 3. The predicted octanol–water partition coefficient (Wildman–Crippen LogP) is 2.36. The number of hydrogen-bond donors (Lipinski definition) is 1. The summed E-state index contributed by atoms with van der Waals surface area (Å²) in [5.74, 6) is -0.125. The van der Waals surface area contributed by atoms with Crippen molar-refractivity contribution in [3.63, 3.8) is 0 Å². The number of unbranched alkanes of at least 4 members (excludes halogenated alkanes) is 1. The van der Waals surface area contributed by atoms with Crippen molar-refractivity contribution in [1.29, 1.82) is 0 Å².